The van der Waals surface area contributed by atoms with Crippen LogP contribution in [0.1, 0.15) is 75.7 Å². The van der Waals surface area contributed by atoms with Gasteiger partial charge in [-0.3, -0.25) is 19.3 Å². The second-order valence-electron chi connectivity index (χ2n) is 8.99. The van der Waals surface area contributed by atoms with E-state index in [9.17, 15) is 19.2 Å². The molecule has 2 aromatic rings. The minimum absolute atomic E-state index is 0.0972. The lowest BCUT2D eigenvalue weighted by Crippen LogP contribution is -2.40. The van der Waals surface area contributed by atoms with Gasteiger partial charge in [-0.25, -0.2) is 4.79 Å². The van der Waals surface area contributed by atoms with E-state index in [0.29, 0.717) is 17.1 Å². The molecule has 0 unspecified atom stereocenters. The van der Waals surface area contributed by atoms with Gasteiger partial charge in [0, 0.05) is 12.6 Å². The number of nitrogens with one attached hydrogen (secondary N) is 1. The summed E-state index contributed by atoms with van der Waals surface area (Å²) in [6.45, 7) is 1.86. The van der Waals surface area contributed by atoms with E-state index < -0.39 is 18.0 Å². The molecule has 1 aliphatic carbocycles. The zero-order valence-electron chi connectivity index (χ0n) is 19.4. The first kappa shape index (κ1) is 22.9. The SMILES string of the molecule is C[C@H](OC(=O)c1ccc2c(c1)C(=O)N(C1CCCCC1)C2=O)C(=O)NCc1ccc2c(c1)OCO2. The molecule has 182 valence electrons. The van der Waals surface area contributed by atoms with Crippen LogP contribution in [0.25, 0.3) is 0 Å². The fraction of sp³-hybridized carbons (Fsp3) is 0.385. The zero-order chi connectivity index (χ0) is 24.5. The average molecular weight is 479 g/mol. The van der Waals surface area contributed by atoms with Gasteiger partial charge in [0.25, 0.3) is 17.7 Å². The summed E-state index contributed by atoms with van der Waals surface area (Å²) >= 11 is 0. The number of ether oxygens (including phenoxy) is 3. The molecule has 3 amide bonds. The van der Waals surface area contributed by atoms with Gasteiger partial charge in [0.1, 0.15) is 0 Å². The molecule has 1 saturated carbocycles. The standard InChI is InChI=1S/C26H26N2O7/c1-15(23(29)27-13-16-7-10-21-22(11-16)34-14-33-21)35-26(32)17-8-9-19-20(12-17)25(31)28(24(19)30)18-5-3-2-4-6-18/h7-12,15,18H,2-6,13-14H2,1H3,(H,27,29)/t15-/m0/s1. The first-order valence-corrected chi connectivity index (χ1v) is 11.8. The van der Waals surface area contributed by atoms with E-state index in [2.05, 4.69) is 5.32 Å². The molecule has 35 heavy (non-hydrogen) atoms. The van der Waals surface area contributed by atoms with Crippen LogP contribution in [0.5, 0.6) is 11.5 Å². The van der Waals surface area contributed by atoms with E-state index in [-0.39, 0.29) is 42.3 Å². The molecule has 1 fully saturated rings. The number of benzene rings is 2. The molecule has 5 rings (SSSR count). The van der Waals surface area contributed by atoms with Gasteiger partial charge in [-0.15, -0.1) is 0 Å². The molecule has 2 aliphatic heterocycles. The number of rotatable bonds is 6. The summed E-state index contributed by atoms with van der Waals surface area (Å²) in [4.78, 5) is 52.3. The Labute approximate surface area is 202 Å². The van der Waals surface area contributed by atoms with Crippen molar-refractivity contribution in [3.8, 4) is 11.5 Å². The summed E-state index contributed by atoms with van der Waals surface area (Å²) in [7, 11) is 0. The lowest BCUT2D eigenvalue weighted by atomic mass is 9.94. The second-order valence-corrected chi connectivity index (χ2v) is 8.99. The molecule has 0 aromatic heterocycles. The van der Waals surface area contributed by atoms with Crippen LogP contribution < -0.4 is 14.8 Å². The lowest BCUT2D eigenvalue weighted by molar-refractivity contribution is -0.129. The number of fused-ring (bicyclic) bond motifs is 2. The lowest BCUT2D eigenvalue weighted by Gasteiger charge is -2.29. The van der Waals surface area contributed by atoms with E-state index in [1.165, 1.54) is 30.0 Å². The molecule has 2 heterocycles. The highest BCUT2D eigenvalue weighted by atomic mass is 16.7. The maximum atomic E-state index is 13.0. The van der Waals surface area contributed by atoms with E-state index in [4.69, 9.17) is 14.2 Å². The minimum atomic E-state index is -1.05. The van der Waals surface area contributed by atoms with Crippen molar-refractivity contribution < 1.29 is 33.4 Å². The molecule has 0 bridgehead atoms. The quantitative estimate of drug-likeness (QED) is 0.501. The van der Waals surface area contributed by atoms with Crippen molar-refractivity contribution in [3.63, 3.8) is 0 Å². The van der Waals surface area contributed by atoms with Crippen molar-refractivity contribution in [2.75, 3.05) is 6.79 Å². The maximum absolute atomic E-state index is 13.0. The minimum Gasteiger partial charge on any atom is -0.454 e. The fourth-order valence-electron chi connectivity index (χ4n) is 4.72. The molecule has 0 saturated heterocycles. The van der Waals surface area contributed by atoms with Crippen LogP contribution in [0.4, 0.5) is 0 Å². The van der Waals surface area contributed by atoms with Crippen molar-refractivity contribution in [2.24, 2.45) is 0 Å². The first-order valence-electron chi connectivity index (χ1n) is 11.8. The number of nitrogens with zero attached hydrogens (tertiary/aromatic N) is 1. The third-order valence-electron chi connectivity index (χ3n) is 6.65. The average Bonchev–Trinajstić information content (AvgIpc) is 3.44. The molecule has 9 heteroatoms. The Morgan fingerprint density at radius 1 is 1.00 bits per heavy atom. The predicted octanol–water partition coefficient (Wildman–Crippen LogP) is 3.21. The van der Waals surface area contributed by atoms with Gasteiger partial charge in [0.15, 0.2) is 17.6 Å². The Morgan fingerprint density at radius 2 is 1.74 bits per heavy atom. The van der Waals surface area contributed by atoms with Gasteiger partial charge < -0.3 is 19.5 Å². The summed E-state index contributed by atoms with van der Waals surface area (Å²) in [5.74, 6) is -0.627. The predicted molar refractivity (Wildman–Crippen MR) is 123 cm³/mol. The summed E-state index contributed by atoms with van der Waals surface area (Å²) in [6.07, 6.45) is 3.64. The molecule has 1 N–H and O–H groups in total. The van der Waals surface area contributed by atoms with E-state index >= 15 is 0 Å². The summed E-state index contributed by atoms with van der Waals surface area (Å²) in [6, 6.07) is 9.58. The monoisotopic (exact) mass is 478 g/mol. The van der Waals surface area contributed by atoms with Crippen LogP contribution in [-0.2, 0) is 16.1 Å². The number of imide groups is 1. The molecule has 0 spiro atoms. The first-order chi connectivity index (χ1) is 16.9. The van der Waals surface area contributed by atoms with Crippen LogP contribution in [0.15, 0.2) is 36.4 Å². The maximum Gasteiger partial charge on any atom is 0.338 e. The fourth-order valence-corrected chi connectivity index (χ4v) is 4.72. The molecular formula is C26H26N2O7. The number of carbonyl (C=O) groups is 4. The van der Waals surface area contributed by atoms with Gasteiger partial charge in [0.05, 0.1) is 16.7 Å². The number of amides is 3. The van der Waals surface area contributed by atoms with Gasteiger partial charge >= 0.3 is 5.97 Å². The molecule has 3 aliphatic rings. The van der Waals surface area contributed by atoms with Crippen molar-refractivity contribution in [2.45, 2.75) is 57.7 Å². The third-order valence-corrected chi connectivity index (χ3v) is 6.65. The summed E-state index contributed by atoms with van der Waals surface area (Å²) < 4.78 is 15.9. The van der Waals surface area contributed by atoms with Gasteiger partial charge in [-0.05, 0) is 55.7 Å². The molecule has 1 atom stereocenters. The second kappa shape index (κ2) is 9.40. The normalized spacial score (nSPS) is 17.8. The number of esters is 1. The zero-order valence-corrected chi connectivity index (χ0v) is 19.4. The third kappa shape index (κ3) is 4.45. The highest BCUT2D eigenvalue weighted by Gasteiger charge is 2.40. The Balaban J connectivity index is 1.20. The Morgan fingerprint density at radius 3 is 2.54 bits per heavy atom. The van der Waals surface area contributed by atoms with Gasteiger partial charge in [-0.2, -0.15) is 0 Å². The molecule has 9 nitrogen and oxygen atoms in total. The largest absolute Gasteiger partial charge is 0.454 e. The number of carbonyl (C=O) groups excluding carboxylic acids is 4. The topological polar surface area (TPSA) is 111 Å². The summed E-state index contributed by atoms with van der Waals surface area (Å²) in [5, 5.41) is 2.73. The van der Waals surface area contributed by atoms with Crippen molar-refractivity contribution in [3.05, 3.63) is 58.7 Å². The van der Waals surface area contributed by atoms with E-state index in [0.717, 1.165) is 37.7 Å². The van der Waals surface area contributed by atoms with Crippen LogP contribution in [-0.4, -0.2) is 47.5 Å². The Kier molecular flexibility index (Phi) is 6.15. The van der Waals surface area contributed by atoms with Gasteiger partial charge in [-0.1, -0.05) is 25.3 Å². The Hall–Kier alpha value is -3.88. The molecule has 2 aromatic carbocycles. The van der Waals surface area contributed by atoms with E-state index in [1.807, 2.05) is 6.07 Å². The van der Waals surface area contributed by atoms with Crippen molar-refractivity contribution >= 4 is 23.7 Å². The molecule has 0 radical (unpaired) electrons. The van der Waals surface area contributed by atoms with Crippen molar-refractivity contribution in [1.82, 2.24) is 10.2 Å². The van der Waals surface area contributed by atoms with Crippen molar-refractivity contribution in [1.29, 1.82) is 0 Å². The van der Waals surface area contributed by atoms with Crippen LogP contribution in [0.2, 0.25) is 0 Å². The summed E-state index contributed by atoms with van der Waals surface area (Å²) in [5.41, 5.74) is 1.43. The highest BCUT2D eigenvalue weighted by Crippen LogP contribution is 2.33. The van der Waals surface area contributed by atoms with Crippen LogP contribution in [0, 0.1) is 0 Å². The Bertz CT molecular complexity index is 1200. The van der Waals surface area contributed by atoms with E-state index in [1.54, 1.807) is 12.1 Å². The smallest absolute Gasteiger partial charge is 0.338 e. The number of hydrogen-bond donors (Lipinski definition) is 1. The molecular weight excluding hydrogens is 452 g/mol. The van der Waals surface area contributed by atoms with Crippen LogP contribution >= 0.6 is 0 Å². The number of hydrogen-bond acceptors (Lipinski definition) is 7. The highest BCUT2D eigenvalue weighted by molar-refractivity contribution is 6.22. The van der Waals surface area contributed by atoms with Crippen LogP contribution in [0.3, 0.4) is 0 Å². The van der Waals surface area contributed by atoms with Gasteiger partial charge in [0.2, 0.25) is 6.79 Å².